The van der Waals surface area contributed by atoms with E-state index in [1.165, 1.54) is 18.3 Å². The highest BCUT2D eigenvalue weighted by molar-refractivity contribution is 9.10. The molecule has 0 heterocycles. The Labute approximate surface area is 163 Å². The van der Waals surface area contributed by atoms with Gasteiger partial charge >= 0.3 is 0 Å². The van der Waals surface area contributed by atoms with Crippen LogP contribution in [0, 0.1) is 0 Å². The van der Waals surface area contributed by atoms with Gasteiger partial charge in [-0.25, -0.2) is 5.43 Å². The monoisotopic (exact) mass is 444 g/mol. The van der Waals surface area contributed by atoms with Crippen molar-refractivity contribution in [1.29, 1.82) is 0 Å². The predicted molar refractivity (Wildman–Crippen MR) is 103 cm³/mol. The number of hydrazone groups is 1. The molecule has 2 rings (SSSR count). The Hall–Kier alpha value is -1.76. The molecule has 25 heavy (non-hydrogen) atoms. The Morgan fingerprint density at radius 1 is 1.36 bits per heavy atom. The zero-order valence-electron chi connectivity index (χ0n) is 13.2. The number of phenolic OH excluding ortho intramolecular Hbond substituents is 1. The molecule has 0 aliphatic rings. The first kappa shape index (κ1) is 19.6. The number of amides is 1. The van der Waals surface area contributed by atoms with E-state index < -0.39 is 5.91 Å². The summed E-state index contributed by atoms with van der Waals surface area (Å²) >= 11 is 15.1. The largest absolute Gasteiger partial charge is 0.506 e. The van der Waals surface area contributed by atoms with E-state index in [4.69, 9.17) is 27.9 Å². The molecule has 0 saturated carbocycles. The highest BCUT2D eigenvalue weighted by Gasteiger charge is 2.07. The van der Waals surface area contributed by atoms with Crippen LogP contribution in [0.25, 0.3) is 0 Å². The molecular formula is C17H15BrCl2N2O3. The Morgan fingerprint density at radius 2 is 2.12 bits per heavy atom. The minimum Gasteiger partial charge on any atom is -0.506 e. The molecule has 0 unspecified atom stereocenters. The van der Waals surface area contributed by atoms with E-state index >= 15 is 0 Å². The number of ether oxygens (including phenoxy) is 1. The van der Waals surface area contributed by atoms with Crippen molar-refractivity contribution in [2.24, 2.45) is 5.10 Å². The van der Waals surface area contributed by atoms with Crippen LogP contribution in [0.5, 0.6) is 11.5 Å². The first-order chi connectivity index (χ1) is 11.9. The van der Waals surface area contributed by atoms with Gasteiger partial charge in [0.2, 0.25) is 0 Å². The molecule has 2 aromatic rings. The number of nitrogens with one attached hydrogen (secondary N) is 1. The molecule has 0 saturated heterocycles. The second-order valence-electron chi connectivity index (χ2n) is 5.03. The van der Waals surface area contributed by atoms with Crippen LogP contribution in [-0.4, -0.2) is 23.8 Å². The van der Waals surface area contributed by atoms with Crippen molar-refractivity contribution in [3.05, 3.63) is 56.0 Å². The number of rotatable bonds is 6. The molecule has 8 heteroatoms. The number of halogens is 3. The maximum atomic E-state index is 11.8. The zero-order valence-corrected chi connectivity index (χ0v) is 16.3. The summed E-state index contributed by atoms with van der Waals surface area (Å²) in [5.41, 5.74) is 3.75. The van der Waals surface area contributed by atoms with Crippen LogP contribution in [0.15, 0.2) is 39.9 Å². The molecule has 0 radical (unpaired) electrons. The average Bonchev–Trinajstić information content (AvgIpc) is 2.57. The lowest BCUT2D eigenvalue weighted by molar-refractivity contribution is -0.123. The van der Waals surface area contributed by atoms with Crippen molar-refractivity contribution in [1.82, 2.24) is 5.43 Å². The summed E-state index contributed by atoms with van der Waals surface area (Å²) in [6.45, 7) is 1.85. The van der Waals surface area contributed by atoms with E-state index in [2.05, 4.69) is 33.4 Å². The molecule has 5 nitrogen and oxygen atoms in total. The number of nitrogens with zero attached hydrogens (tertiary/aromatic N) is 1. The van der Waals surface area contributed by atoms with Gasteiger partial charge in [0, 0.05) is 10.6 Å². The summed E-state index contributed by atoms with van der Waals surface area (Å²) in [4.78, 5) is 11.8. The van der Waals surface area contributed by atoms with Gasteiger partial charge in [-0.1, -0.05) is 36.2 Å². The number of carbonyl (C=O) groups is 1. The summed E-state index contributed by atoms with van der Waals surface area (Å²) in [5.74, 6) is -0.0498. The molecule has 0 aliphatic carbocycles. The van der Waals surface area contributed by atoms with E-state index in [0.29, 0.717) is 10.8 Å². The van der Waals surface area contributed by atoms with Gasteiger partial charge in [0.15, 0.2) is 6.61 Å². The Bertz CT molecular complexity index is 813. The fourth-order valence-electron chi connectivity index (χ4n) is 1.92. The molecule has 0 atom stereocenters. The summed E-state index contributed by atoms with van der Waals surface area (Å²) in [6, 6.07) is 8.55. The van der Waals surface area contributed by atoms with Gasteiger partial charge in [-0.05, 0) is 52.2 Å². The van der Waals surface area contributed by atoms with Crippen LogP contribution < -0.4 is 10.2 Å². The number of aryl methyl sites for hydroxylation is 1. The number of hydrogen-bond acceptors (Lipinski definition) is 4. The quantitative estimate of drug-likeness (QED) is 0.506. The molecule has 0 bridgehead atoms. The maximum Gasteiger partial charge on any atom is 0.277 e. The number of carbonyl (C=O) groups excluding carboxylic acids is 1. The minimum absolute atomic E-state index is 0.101. The first-order valence-corrected chi connectivity index (χ1v) is 8.86. The van der Waals surface area contributed by atoms with Gasteiger partial charge in [-0.15, -0.1) is 0 Å². The topological polar surface area (TPSA) is 70.9 Å². The molecular weight excluding hydrogens is 431 g/mol. The van der Waals surface area contributed by atoms with Crippen LogP contribution in [0.2, 0.25) is 10.0 Å². The smallest absolute Gasteiger partial charge is 0.277 e. The van der Waals surface area contributed by atoms with Crippen LogP contribution in [-0.2, 0) is 11.2 Å². The second-order valence-corrected chi connectivity index (χ2v) is 6.72. The number of aromatic hydroxyl groups is 1. The van der Waals surface area contributed by atoms with Gasteiger partial charge in [-0.2, -0.15) is 5.10 Å². The normalized spacial score (nSPS) is 10.9. The first-order valence-electron chi connectivity index (χ1n) is 7.31. The molecule has 0 aliphatic heterocycles. The summed E-state index contributed by atoms with van der Waals surface area (Å²) in [7, 11) is 0. The SMILES string of the molecule is CCc1ccc(OCC(=O)NN=Cc2cc(Cl)cc(Cl)c2O)c(Br)c1. The van der Waals surface area contributed by atoms with Gasteiger partial charge in [0.05, 0.1) is 15.7 Å². The van der Waals surface area contributed by atoms with Crippen molar-refractivity contribution in [2.45, 2.75) is 13.3 Å². The lowest BCUT2D eigenvalue weighted by Gasteiger charge is -2.08. The summed E-state index contributed by atoms with van der Waals surface area (Å²) < 4.78 is 6.22. The molecule has 1 amide bonds. The van der Waals surface area contributed by atoms with Gasteiger partial charge < -0.3 is 9.84 Å². The van der Waals surface area contributed by atoms with Crippen molar-refractivity contribution in [2.75, 3.05) is 6.61 Å². The number of phenols is 1. The predicted octanol–water partition coefficient (Wildman–Crippen LogP) is 4.55. The summed E-state index contributed by atoms with van der Waals surface area (Å²) in [5, 5.41) is 14.0. The maximum absolute atomic E-state index is 11.8. The summed E-state index contributed by atoms with van der Waals surface area (Å²) in [6.07, 6.45) is 2.16. The van der Waals surface area contributed by atoms with Gasteiger partial charge in [0.1, 0.15) is 11.5 Å². The number of hydrogen-bond donors (Lipinski definition) is 2. The van der Waals surface area contributed by atoms with E-state index in [1.54, 1.807) is 6.07 Å². The molecule has 0 spiro atoms. The average molecular weight is 446 g/mol. The van der Waals surface area contributed by atoms with Crippen molar-refractivity contribution in [3.8, 4) is 11.5 Å². The molecule has 2 aromatic carbocycles. The number of benzene rings is 2. The highest BCUT2D eigenvalue weighted by atomic mass is 79.9. The van der Waals surface area contributed by atoms with Crippen molar-refractivity contribution >= 4 is 51.3 Å². The zero-order chi connectivity index (χ0) is 18.4. The van der Waals surface area contributed by atoms with E-state index in [1.807, 2.05) is 12.1 Å². The molecule has 132 valence electrons. The Kier molecular flexibility index (Phi) is 7.11. The standard InChI is InChI=1S/C17H15BrCl2N2O3/c1-2-10-3-4-15(13(18)5-10)25-9-16(23)22-21-8-11-6-12(19)7-14(20)17(11)24/h3-8,24H,2,9H2,1H3,(H,22,23). The molecule has 0 aromatic heterocycles. The van der Waals surface area contributed by atoms with Crippen LogP contribution in [0.1, 0.15) is 18.1 Å². The van der Waals surface area contributed by atoms with Crippen molar-refractivity contribution in [3.63, 3.8) is 0 Å². The Balaban J connectivity index is 1.91. The third-order valence-electron chi connectivity index (χ3n) is 3.21. The minimum atomic E-state index is -0.449. The third-order valence-corrected chi connectivity index (χ3v) is 4.34. The van der Waals surface area contributed by atoms with Gasteiger partial charge in [-0.3, -0.25) is 4.79 Å². The van der Waals surface area contributed by atoms with E-state index in [-0.39, 0.29) is 22.9 Å². The van der Waals surface area contributed by atoms with Crippen LogP contribution in [0.3, 0.4) is 0 Å². The van der Waals surface area contributed by atoms with Gasteiger partial charge in [0.25, 0.3) is 5.91 Å². The van der Waals surface area contributed by atoms with Crippen molar-refractivity contribution < 1.29 is 14.6 Å². The third kappa shape index (κ3) is 5.63. The Morgan fingerprint density at radius 3 is 2.80 bits per heavy atom. The van der Waals surface area contributed by atoms with E-state index in [9.17, 15) is 9.90 Å². The molecule has 0 fully saturated rings. The van der Waals surface area contributed by atoms with E-state index in [0.717, 1.165) is 16.5 Å². The lowest BCUT2D eigenvalue weighted by atomic mass is 10.2. The second kappa shape index (κ2) is 9.08. The fraction of sp³-hybridized carbons (Fsp3) is 0.176. The highest BCUT2D eigenvalue weighted by Crippen LogP contribution is 2.30. The van der Waals surface area contributed by atoms with Crippen LogP contribution >= 0.6 is 39.1 Å². The van der Waals surface area contributed by atoms with Crippen LogP contribution in [0.4, 0.5) is 0 Å². The fourth-order valence-corrected chi connectivity index (χ4v) is 2.96. The molecule has 2 N–H and O–H groups in total. The lowest BCUT2D eigenvalue weighted by Crippen LogP contribution is -2.24.